The van der Waals surface area contributed by atoms with E-state index in [1.165, 1.54) is 0 Å². The van der Waals surface area contributed by atoms with Crippen LogP contribution in [-0.2, 0) is 9.53 Å². The van der Waals surface area contributed by atoms with Gasteiger partial charge in [0.05, 0.1) is 0 Å². The van der Waals surface area contributed by atoms with Crippen molar-refractivity contribution in [2.75, 3.05) is 19.7 Å². The standard InChI is InChI=1S/C15H30N2O2.ClH/c1-11(2)7-9-19-12(3)14(18)17-8-6-13(16)15(4,5)10-17;/h11-13H,6-10,16H2,1-5H3;1H. The fourth-order valence-corrected chi connectivity index (χ4v) is 2.37. The van der Waals surface area contributed by atoms with Crippen LogP contribution < -0.4 is 5.73 Å². The van der Waals surface area contributed by atoms with Gasteiger partial charge in [-0.25, -0.2) is 0 Å². The summed E-state index contributed by atoms with van der Waals surface area (Å²) in [6.07, 6.45) is 1.52. The first-order valence-corrected chi connectivity index (χ1v) is 7.40. The maximum Gasteiger partial charge on any atom is 0.251 e. The highest BCUT2D eigenvalue weighted by Gasteiger charge is 2.36. The molecule has 1 fully saturated rings. The van der Waals surface area contributed by atoms with Gasteiger partial charge in [0.2, 0.25) is 0 Å². The van der Waals surface area contributed by atoms with Crippen LogP contribution in [0.2, 0.25) is 0 Å². The molecule has 0 aromatic rings. The van der Waals surface area contributed by atoms with Crippen LogP contribution >= 0.6 is 12.4 Å². The van der Waals surface area contributed by atoms with Crippen molar-refractivity contribution in [1.82, 2.24) is 4.90 Å². The second kappa shape index (κ2) is 8.20. The summed E-state index contributed by atoms with van der Waals surface area (Å²) < 4.78 is 5.64. The number of nitrogens with two attached hydrogens (primary N) is 1. The Kier molecular flexibility index (Phi) is 8.07. The lowest BCUT2D eigenvalue weighted by molar-refractivity contribution is -0.146. The summed E-state index contributed by atoms with van der Waals surface area (Å²) >= 11 is 0. The predicted octanol–water partition coefficient (Wildman–Crippen LogP) is 2.45. The Morgan fingerprint density at radius 3 is 2.50 bits per heavy atom. The van der Waals surface area contributed by atoms with Gasteiger partial charge >= 0.3 is 0 Å². The lowest BCUT2D eigenvalue weighted by atomic mass is 9.79. The van der Waals surface area contributed by atoms with Crippen LogP contribution in [0.5, 0.6) is 0 Å². The molecule has 2 atom stereocenters. The number of likely N-dealkylation sites (tertiary alicyclic amines) is 1. The SMILES string of the molecule is CC(C)CCOC(C)C(=O)N1CCC(N)C(C)(C)C1.Cl. The van der Waals surface area contributed by atoms with Crippen molar-refractivity contribution >= 4 is 18.3 Å². The molecule has 1 amide bonds. The van der Waals surface area contributed by atoms with Crippen LogP contribution in [0.1, 0.15) is 47.5 Å². The van der Waals surface area contributed by atoms with Gasteiger partial charge in [0, 0.05) is 25.7 Å². The van der Waals surface area contributed by atoms with Crippen LogP contribution in [0.4, 0.5) is 0 Å². The number of halogens is 1. The van der Waals surface area contributed by atoms with Crippen LogP contribution in [-0.4, -0.2) is 42.6 Å². The zero-order chi connectivity index (χ0) is 14.6. The molecular formula is C15H31ClN2O2. The molecule has 0 aromatic carbocycles. The molecule has 1 rings (SSSR count). The molecule has 2 unspecified atom stereocenters. The maximum atomic E-state index is 12.3. The number of rotatable bonds is 5. The van der Waals surface area contributed by atoms with Gasteiger partial charge in [-0.15, -0.1) is 12.4 Å². The van der Waals surface area contributed by atoms with Gasteiger partial charge in [-0.1, -0.05) is 27.7 Å². The molecule has 120 valence electrons. The average Bonchev–Trinajstić information content (AvgIpc) is 2.31. The van der Waals surface area contributed by atoms with Gasteiger partial charge in [-0.2, -0.15) is 0 Å². The van der Waals surface area contributed by atoms with Crippen molar-refractivity contribution < 1.29 is 9.53 Å². The molecule has 20 heavy (non-hydrogen) atoms. The molecule has 0 saturated carbocycles. The number of piperidine rings is 1. The highest BCUT2D eigenvalue weighted by molar-refractivity contribution is 5.85. The molecule has 5 heteroatoms. The zero-order valence-corrected chi connectivity index (χ0v) is 14.3. The third-order valence-electron chi connectivity index (χ3n) is 4.03. The second-order valence-electron chi connectivity index (χ2n) is 6.84. The quantitative estimate of drug-likeness (QED) is 0.849. The lowest BCUT2D eigenvalue weighted by Gasteiger charge is -2.43. The smallest absolute Gasteiger partial charge is 0.251 e. The zero-order valence-electron chi connectivity index (χ0n) is 13.5. The normalized spacial score (nSPS) is 23.4. The molecule has 0 aromatic heterocycles. The van der Waals surface area contributed by atoms with Crippen LogP contribution in [0.3, 0.4) is 0 Å². The Bertz CT molecular complexity index is 308. The van der Waals surface area contributed by atoms with Crippen molar-refractivity contribution in [2.45, 2.75) is 59.6 Å². The molecule has 1 aliphatic heterocycles. The fraction of sp³-hybridized carbons (Fsp3) is 0.933. The number of ether oxygens (including phenoxy) is 1. The van der Waals surface area contributed by atoms with Crippen molar-refractivity contribution in [3.05, 3.63) is 0 Å². The van der Waals surface area contributed by atoms with E-state index in [2.05, 4.69) is 27.7 Å². The summed E-state index contributed by atoms with van der Waals surface area (Å²) in [5.41, 5.74) is 6.09. The number of hydrogen-bond acceptors (Lipinski definition) is 3. The van der Waals surface area contributed by atoms with Crippen molar-refractivity contribution in [3.8, 4) is 0 Å². The van der Waals surface area contributed by atoms with Gasteiger partial charge in [0.15, 0.2) is 0 Å². The van der Waals surface area contributed by atoms with Gasteiger partial charge in [0.1, 0.15) is 6.10 Å². The lowest BCUT2D eigenvalue weighted by Crippen LogP contribution is -2.55. The molecule has 4 nitrogen and oxygen atoms in total. The highest BCUT2D eigenvalue weighted by atomic mass is 35.5. The number of amides is 1. The van der Waals surface area contributed by atoms with E-state index in [9.17, 15) is 4.79 Å². The first-order valence-electron chi connectivity index (χ1n) is 7.40. The summed E-state index contributed by atoms with van der Waals surface area (Å²) in [7, 11) is 0. The van der Waals surface area contributed by atoms with Gasteiger partial charge in [-0.05, 0) is 31.1 Å². The first kappa shape index (κ1) is 19.7. The minimum absolute atomic E-state index is 0. The molecule has 2 N–H and O–H groups in total. The summed E-state index contributed by atoms with van der Waals surface area (Å²) in [6.45, 7) is 12.6. The van der Waals surface area contributed by atoms with Gasteiger partial charge < -0.3 is 15.4 Å². The molecule has 0 aliphatic carbocycles. The van der Waals surface area contributed by atoms with E-state index in [0.29, 0.717) is 12.5 Å². The van der Waals surface area contributed by atoms with Crippen molar-refractivity contribution in [2.24, 2.45) is 17.1 Å². The minimum Gasteiger partial charge on any atom is -0.369 e. The Hall–Kier alpha value is -0.320. The van der Waals surface area contributed by atoms with E-state index in [1.807, 2.05) is 11.8 Å². The molecule has 1 saturated heterocycles. The third kappa shape index (κ3) is 5.58. The van der Waals surface area contributed by atoms with Crippen molar-refractivity contribution in [3.63, 3.8) is 0 Å². The Morgan fingerprint density at radius 1 is 1.40 bits per heavy atom. The Morgan fingerprint density at radius 2 is 2.00 bits per heavy atom. The molecule has 0 radical (unpaired) electrons. The summed E-state index contributed by atoms with van der Waals surface area (Å²) in [4.78, 5) is 14.2. The predicted molar refractivity (Wildman–Crippen MR) is 85.1 cm³/mol. The summed E-state index contributed by atoms with van der Waals surface area (Å²) in [5.74, 6) is 0.706. The van der Waals surface area contributed by atoms with Gasteiger partial charge in [0.25, 0.3) is 5.91 Å². The second-order valence-corrected chi connectivity index (χ2v) is 6.84. The largest absolute Gasteiger partial charge is 0.369 e. The summed E-state index contributed by atoms with van der Waals surface area (Å²) in [5, 5.41) is 0. The van der Waals surface area contributed by atoms with E-state index in [-0.39, 0.29) is 35.9 Å². The molecular weight excluding hydrogens is 276 g/mol. The highest BCUT2D eigenvalue weighted by Crippen LogP contribution is 2.28. The third-order valence-corrected chi connectivity index (χ3v) is 4.03. The van der Waals surface area contributed by atoms with Crippen LogP contribution in [0, 0.1) is 11.3 Å². The fourth-order valence-electron chi connectivity index (χ4n) is 2.37. The number of carbonyl (C=O) groups excluding carboxylic acids is 1. The topological polar surface area (TPSA) is 55.6 Å². The Balaban J connectivity index is 0.00000361. The van der Waals surface area contributed by atoms with Gasteiger partial charge in [-0.3, -0.25) is 4.79 Å². The summed E-state index contributed by atoms with van der Waals surface area (Å²) in [6, 6.07) is 0.175. The van der Waals surface area contributed by atoms with E-state index in [4.69, 9.17) is 10.5 Å². The number of hydrogen-bond donors (Lipinski definition) is 1. The van der Waals surface area contributed by atoms with E-state index in [0.717, 1.165) is 25.9 Å². The van der Waals surface area contributed by atoms with E-state index < -0.39 is 0 Å². The molecule has 0 spiro atoms. The number of nitrogens with zero attached hydrogens (tertiary/aromatic N) is 1. The first-order chi connectivity index (χ1) is 8.74. The maximum absolute atomic E-state index is 12.3. The Labute approximate surface area is 129 Å². The van der Waals surface area contributed by atoms with Crippen molar-refractivity contribution in [1.29, 1.82) is 0 Å². The molecule has 1 aliphatic rings. The van der Waals surface area contributed by atoms with Crippen LogP contribution in [0.25, 0.3) is 0 Å². The minimum atomic E-state index is -0.344. The average molecular weight is 307 g/mol. The van der Waals surface area contributed by atoms with Crippen LogP contribution in [0.15, 0.2) is 0 Å². The van der Waals surface area contributed by atoms with E-state index >= 15 is 0 Å². The number of carbonyl (C=O) groups is 1. The monoisotopic (exact) mass is 306 g/mol. The molecule has 0 bridgehead atoms. The van der Waals surface area contributed by atoms with E-state index in [1.54, 1.807) is 0 Å². The molecule has 1 heterocycles.